The summed E-state index contributed by atoms with van der Waals surface area (Å²) >= 11 is 2.37. The fourth-order valence-electron chi connectivity index (χ4n) is 2.20. The second-order valence-corrected chi connectivity index (χ2v) is 9.57. The summed E-state index contributed by atoms with van der Waals surface area (Å²) in [6.07, 6.45) is 2.11. The maximum Gasteiger partial charge on any atom is 0.410 e. The largest absolute Gasteiger partial charge is 0.444 e. The molecule has 4 nitrogen and oxygen atoms in total. The molecule has 1 rings (SSSR count). The Balaban J connectivity index is 2.34. The molecule has 1 amide bonds. The standard InChI is InChI=1S/C16H30INO3/c1-15(2,3)8-7-9-20-13-11-18(10-12(13)17)14(19)21-16(4,5)6/h12-13H,7-11H2,1-6H3. The number of rotatable bonds is 4. The first-order valence-corrected chi connectivity index (χ1v) is 8.96. The van der Waals surface area contributed by atoms with Crippen molar-refractivity contribution in [1.29, 1.82) is 0 Å². The number of carbonyl (C=O) groups excluding carboxylic acids is 1. The molecule has 5 heteroatoms. The average Bonchev–Trinajstić information content (AvgIpc) is 2.63. The lowest BCUT2D eigenvalue weighted by molar-refractivity contribution is 0.0205. The molecule has 0 aromatic heterocycles. The minimum absolute atomic E-state index is 0.123. The van der Waals surface area contributed by atoms with Gasteiger partial charge in [0.2, 0.25) is 0 Å². The van der Waals surface area contributed by atoms with Crippen LogP contribution in [0.2, 0.25) is 0 Å². The molecule has 1 aliphatic heterocycles. The lowest BCUT2D eigenvalue weighted by Gasteiger charge is -2.24. The Kier molecular flexibility index (Phi) is 6.78. The molecule has 0 radical (unpaired) electrons. The van der Waals surface area contributed by atoms with Crippen molar-refractivity contribution < 1.29 is 14.3 Å². The Hall–Kier alpha value is -0.0400. The first-order chi connectivity index (χ1) is 9.48. The number of carbonyl (C=O) groups is 1. The summed E-state index contributed by atoms with van der Waals surface area (Å²) in [7, 11) is 0. The molecule has 124 valence electrons. The lowest BCUT2D eigenvalue weighted by atomic mass is 9.91. The van der Waals surface area contributed by atoms with Crippen LogP contribution in [0, 0.1) is 5.41 Å². The third kappa shape index (κ3) is 7.68. The minimum Gasteiger partial charge on any atom is -0.444 e. The fraction of sp³-hybridized carbons (Fsp3) is 0.938. The molecular weight excluding hydrogens is 381 g/mol. The van der Waals surface area contributed by atoms with Crippen molar-refractivity contribution in [2.75, 3.05) is 19.7 Å². The minimum atomic E-state index is -0.441. The Morgan fingerprint density at radius 1 is 1.19 bits per heavy atom. The van der Waals surface area contributed by atoms with E-state index in [1.807, 2.05) is 20.8 Å². The van der Waals surface area contributed by atoms with Gasteiger partial charge in [-0.15, -0.1) is 0 Å². The van der Waals surface area contributed by atoms with Crippen molar-refractivity contribution in [3.8, 4) is 0 Å². The molecule has 21 heavy (non-hydrogen) atoms. The maximum atomic E-state index is 12.1. The predicted octanol–water partition coefficient (Wildman–Crippen LogP) is 4.25. The molecule has 0 bridgehead atoms. The third-order valence-corrected chi connectivity index (χ3v) is 4.45. The van der Waals surface area contributed by atoms with Crippen LogP contribution in [0.1, 0.15) is 54.4 Å². The summed E-state index contributed by atoms with van der Waals surface area (Å²) in [6, 6.07) is 0. The number of hydrogen-bond acceptors (Lipinski definition) is 3. The summed E-state index contributed by atoms with van der Waals surface area (Å²) in [5, 5.41) is 0. The summed E-state index contributed by atoms with van der Waals surface area (Å²) in [5.74, 6) is 0. The number of hydrogen-bond donors (Lipinski definition) is 0. The Morgan fingerprint density at radius 2 is 1.81 bits per heavy atom. The van der Waals surface area contributed by atoms with Crippen molar-refractivity contribution in [2.24, 2.45) is 5.41 Å². The van der Waals surface area contributed by atoms with Crippen molar-refractivity contribution in [3.05, 3.63) is 0 Å². The zero-order chi connectivity index (χ0) is 16.3. The van der Waals surface area contributed by atoms with Gasteiger partial charge in [0, 0.05) is 13.2 Å². The van der Waals surface area contributed by atoms with Gasteiger partial charge in [0.15, 0.2) is 0 Å². The SMILES string of the molecule is CC(C)(C)CCCOC1CN(C(=O)OC(C)(C)C)CC1I. The van der Waals surface area contributed by atoms with Gasteiger partial charge in [0.05, 0.1) is 16.6 Å². The van der Waals surface area contributed by atoms with Gasteiger partial charge in [-0.1, -0.05) is 43.4 Å². The van der Waals surface area contributed by atoms with Crippen LogP contribution in [0.15, 0.2) is 0 Å². The monoisotopic (exact) mass is 411 g/mol. The maximum absolute atomic E-state index is 12.1. The quantitative estimate of drug-likeness (QED) is 0.395. The summed E-state index contributed by atoms with van der Waals surface area (Å²) < 4.78 is 11.7. The summed E-state index contributed by atoms with van der Waals surface area (Å²) in [5.41, 5.74) is -0.0885. The highest BCUT2D eigenvalue weighted by atomic mass is 127. The molecular formula is C16H30INO3. The molecule has 0 spiro atoms. The molecule has 0 saturated carbocycles. The van der Waals surface area contributed by atoms with Crippen LogP contribution in [-0.4, -0.2) is 46.3 Å². The summed E-state index contributed by atoms with van der Waals surface area (Å²) in [6.45, 7) is 14.5. The number of nitrogens with zero attached hydrogens (tertiary/aromatic N) is 1. The van der Waals surface area contributed by atoms with Crippen molar-refractivity contribution in [2.45, 2.75) is 70.0 Å². The molecule has 1 heterocycles. The van der Waals surface area contributed by atoms with Crippen molar-refractivity contribution in [3.63, 3.8) is 0 Å². The highest BCUT2D eigenvalue weighted by molar-refractivity contribution is 14.1. The molecule has 1 aliphatic rings. The van der Waals surface area contributed by atoms with Gasteiger partial charge in [0.25, 0.3) is 0 Å². The van der Waals surface area contributed by atoms with E-state index in [4.69, 9.17) is 9.47 Å². The van der Waals surface area contributed by atoms with Crippen LogP contribution in [0.25, 0.3) is 0 Å². The zero-order valence-electron chi connectivity index (χ0n) is 14.2. The molecule has 0 aromatic carbocycles. The van der Waals surface area contributed by atoms with Gasteiger partial charge in [-0.25, -0.2) is 4.79 Å². The predicted molar refractivity (Wildman–Crippen MR) is 94.0 cm³/mol. The number of ether oxygens (including phenoxy) is 2. The van der Waals surface area contributed by atoms with Crippen LogP contribution < -0.4 is 0 Å². The smallest absolute Gasteiger partial charge is 0.410 e. The number of alkyl halides is 1. The van der Waals surface area contributed by atoms with Gasteiger partial charge in [-0.3, -0.25) is 0 Å². The fourth-order valence-corrected chi connectivity index (χ4v) is 3.11. The number of amides is 1. The Labute approximate surface area is 143 Å². The van der Waals surface area contributed by atoms with Crippen LogP contribution >= 0.6 is 22.6 Å². The molecule has 0 N–H and O–H groups in total. The van der Waals surface area contributed by atoms with Gasteiger partial charge in [0.1, 0.15) is 5.60 Å². The van der Waals surface area contributed by atoms with E-state index in [1.54, 1.807) is 4.90 Å². The van der Waals surface area contributed by atoms with Crippen LogP contribution in [0.3, 0.4) is 0 Å². The second kappa shape index (κ2) is 7.49. The highest BCUT2D eigenvalue weighted by Crippen LogP contribution is 2.25. The van der Waals surface area contributed by atoms with Crippen LogP contribution in [0.4, 0.5) is 4.79 Å². The molecule has 0 aromatic rings. The zero-order valence-corrected chi connectivity index (χ0v) is 16.4. The van der Waals surface area contributed by atoms with Crippen LogP contribution in [-0.2, 0) is 9.47 Å². The van der Waals surface area contributed by atoms with Crippen molar-refractivity contribution >= 4 is 28.7 Å². The molecule has 0 aliphatic carbocycles. The first-order valence-electron chi connectivity index (χ1n) is 7.71. The molecule has 2 atom stereocenters. The van der Waals surface area contributed by atoms with Gasteiger partial charge in [-0.05, 0) is 39.0 Å². The van der Waals surface area contributed by atoms with Gasteiger partial charge in [-0.2, -0.15) is 0 Å². The van der Waals surface area contributed by atoms with E-state index in [9.17, 15) is 4.79 Å². The third-order valence-electron chi connectivity index (χ3n) is 3.25. The van der Waals surface area contributed by atoms with Crippen molar-refractivity contribution in [1.82, 2.24) is 4.90 Å². The average molecular weight is 411 g/mol. The second-order valence-electron chi connectivity index (χ2n) is 7.97. The first kappa shape index (κ1) is 19.0. The highest BCUT2D eigenvalue weighted by Gasteiger charge is 2.36. The van der Waals surface area contributed by atoms with E-state index in [-0.39, 0.29) is 12.2 Å². The van der Waals surface area contributed by atoms with Crippen LogP contribution in [0.5, 0.6) is 0 Å². The van der Waals surface area contributed by atoms with E-state index in [2.05, 4.69) is 43.4 Å². The Morgan fingerprint density at radius 3 is 2.33 bits per heavy atom. The Bertz CT molecular complexity index is 346. The number of likely N-dealkylation sites (tertiary alicyclic amines) is 1. The van der Waals surface area contributed by atoms with E-state index >= 15 is 0 Å². The summed E-state index contributed by atoms with van der Waals surface area (Å²) in [4.78, 5) is 13.8. The lowest BCUT2D eigenvalue weighted by Crippen LogP contribution is -2.36. The van der Waals surface area contributed by atoms with E-state index in [1.165, 1.54) is 0 Å². The van der Waals surface area contributed by atoms with Gasteiger partial charge < -0.3 is 14.4 Å². The van der Waals surface area contributed by atoms with E-state index in [0.717, 1.165) is 19.4 Å². The molecule has 1 fully saturated rings. The number of halogens is 1. The van der Waals surface area contributed by atoms with Gasteiger partial charge >= 0.3 is 6.09 Å². The topological polar surface area (TPSA) is 38.8 Å². The normalized spacial score (nSPS) is 23.5. The van der Waals surface area contributed by atoms with E-state index in [0.29, 0.717) is 22.4 Å². The molecule has 2 unspecified atom stereocenters. The molecule has 1 saturated heterocycles. The van der Waals surface area contributed by atoms with E-state index < -0.39 is 5.60 Å².